The molecule has 0 saturated heterocycles. The molecule has 0 fully saturated rings. The van der Waals surface area contributed by atoms with Crippen LogP contribution in [0, 0.1) is 11.6 Å². The van der Waals surface area contributed by atoms with E-state index in [1.165, 1.54) is 6.07 Å². The number of nitrogens with one attached hydrogen (secondary N) is 1. The van der Waals surface area contributed by atoms with Crippen LogP contribution in [0.15, 0.2) is 30.6 Å². The van der Waals surface area contributed by atoms with Crippen molar-refractivity contribution in [1.29, 1.82) is 0 Å². The normalized spacial score (nSPS) is 13.0. The van der Waals surface area contributed by atoms with Gasteiger partial charge < -0.3 is 9.74 Å². The third-order valence-corrected chi connectivity index (χ3v) is 10.4. The molecule has 3 nitrogen and oxygen atoms in total. The standard InChI is InChI=1S/C20H26Cl2F2N2OSi/c1-4-28(5-2,6-3)27-19(20-16(21)11-26-12-17(20)22)13-25-10-14-9-15(23)7-8-18(14)24/h7-9,11-12,19,25H,4-6,10,13H2,1-3H3. The topological polar surface area (TPSA) is 34.1 Å². The van der Waals surface area contributed by atoms with Crippen LogP contribution in [0.1, 0.15) is 38.0 Å². The number of benzene rings is 1. The quantitative estimate of drug-likeness (QED) is 0.421. The van der Waals surface area contributed by atoms with Crippen LogP contribution < -0.4 is 5.32 Å². The molecule has 0 radical (unpaired) electrons. The van der Waals surface area contributed by atoms with Gasteiger partial charge in [-0.15, -0.1) is 0 Å². The highest BCUT2D eigenvalue weighted by Crippen LogP contribution is 2.36. The van der Waals surface area contributed by atoms with Gasteiger partial charge in [-0.1, -0.05) is 44.0 Å². The van der Waals surface area contributed by atoms with Gasteiger partial charge in [0.25, 0.3) is 0 Å². The molecule has 1 N–H and O–H groups in total. The Morgan fingerprint density at radius 2 is 1.68 bits per heavy atom. The van der Waals surface area contributed by atoms with E-state index in [-0.39, 0.29) is 12.1 Å². The lowest BCUT2D eigenvalue weighted by Gasteiger charge is -2.34. The second kappa shape index (κ2) is 10.6. The maximum atomic E-state index is 13.9. The van der Waals surface area contributed by atoms with Crippen molar-refractivity contribution >= 4 is 31.5 Å². The first-order valence-electron chi connectivity index (χ1n) is 9.47. The molecule has 2 rings (SSSR count). The van der Waals surface area contributed by atoms with Crippen LogP contribution in [0.25, 0.3) is 0 Å². The number of halogens is 4. The number of aromatic nitrogens is 1. The molecule has 8 heteroatoms. The Morgan fingerprint density at radius 1 is 1.07 bits per heavy atom. The van der Waals surface area contributed by atoms with E-state index in [9.17, 15) is 8.78 Å². The van der Waals surface area contributed by atoms with Gasteiger partial charge in [-0.25, -0.2) is 8.78 Å². The lowest BCUT2D eigenvalue weighted by Crippen LogP contribution is -2.40. The fraction of sp³-hybridized carbons (Fsp3) is 0.450. The number of nitrogens with zero attached hydrogens (tertiary/aromatic N) is 1. The van der Waals surface area contributed by atoms with E-state index >= 15 is 0 Å². The maximum absolute atomic E-state index is 13.9. The van der Waals surface area contributed by atoms with Crippen molar-refractivity contribution in [2.45, 2.75) is 51.6 Å². The Kier molecular flexibility index (Phi) is 8.83. The zero-order chi connectivity index (χ0) is 20.7. The van der Waals surface area contributed by atoms with Crippen LogP contribution in [0.2, 0.25) is 28.2 Å². The van der Waals surface area contributed by atoms with E-state index in [1.807, 2.05) is 0 Å². The maximum Gasteiger partial charge on any atom is 0.192 e. The summed E-state index contributed by atoms with van der Waals surface area (Å²) >= 11 is 12.8. The van der Waals surface area contributed by atoms with E-state index in [4.69, 9.17) is 27.6 Å². The van der Waals surface area contributed by atoms with Gasteiger partial charge in [0.2, 0.25) is 0 Å². The minimum atomic E-state index is -1.97. The average Bonchev–Trinajstić information content (AvgIpc) is 2.68. The van der Waals surface area contributed by atoms with Gasteiger partial charge in [0.05, 0.1) is 16.1 Å². The highest BCUT2D eigenvalue weighted by Gasteiger charge is 2.34. The van der Waals surface area contributed by atoms with Crippen molar-refractivity contribution in [2.75, 3.05) is 6.54 Å². The number of hydrogen-bond acceptors (Lipinski definition) is 3. The van der Waals surface area contributed by atoms with E-state index < -0.39 is 26.1 Å². The molecule has 0 aliphatic heterocycles. The van der Waals surface area contributed by atoms with Crippen LogP contribution in [0.3, 0.4) is 0 Å². The Morgan fingerprint density at radius 3 is 2.25 bits per heavy atom. The third kappa shape index (κ3) is 5.73. The zero-order valence-corrected chi connectivity index (χ0v) is 18.9. The summed E-state index contributed by atoms with van der Waals surface area (Å²) in [5.74, 6) is -0.925. The van der Waals surface area contributed by atoms with Gasteiger partial charge in [-0.3, -0.25) is 4.98 Å². The summed E-state index contributed by atoms with van der Waals surface area (Å²) in [6, 6.07) is 6.32. The van der Waals surface area contributed by atoms with Crippen molar-refractivity contribution < 1.29 is 13.2 Å². The Labute approximate surface area is 176 Å². The third-order valence-electron chi connectivity index (χ3n) is 5.19. The minimum absolute atomic E-state index is 0.169. The molecule has 28 heavy (non-hydrogen) atoms. The summed E-state index contributed by atoms with van der Waals surface area (Å²) < 4.78 is 33.9. The molecule has 2 aromatic rings. The van der Waals surface area contributed by atoms with Gasteiger partial charge in [-0.05, 0) is 36.3 Å². The van der Waals surface area contributed by atoms with Crippen LogP contribution in [-0.4, -0.2) is 19.8 Å². The second-order valence-corrected chi connectivity index (χ2v) is 12.3. The van der Waals surface area contributed by atoms with Crippen molar-refractivity contribution in [2.24, 2.45) is 0 Å². The highest BCUT2D eigenvalue weighted by atomic mass is 35.5. The van der Waals surface area contributed by atoms with Crippen molar-refractivity contribution in [1.82, 2.24) is 10.3 Å². The molecule has 0 spiro atoms. The summed E-state index contributed by atoms with van der Waals surface area (Å²) in [6.45, 7) is 6.96. The summed E-state index contributed by atoms with van der Waals surface area (Å²) in [4.78, 5) is 4.01. The Hall–Kier alpha value is -1.05. The lowest BCUT2D eigenvalue weighted by molar-refractivity contribution is 0.185. The average molecular weight is 447 g/mol. The summed E-state index contributed by atoms with van der Waals surface area (Å²) in [7, 11) is -1.97. The molecule has 0 saturated carbocycles. The predicted molar refractivity (Wildman–Crippen MR) is 113 cm³/mol. The zero-order valence-electron chi connectivity index (χ0n) is 16.4. The molecule has 1 heterocycles. The number of rotatable bonds is 10. The number of hydrogen-bond donors (Lipinski definition) is 1. The molecule has 154 valence electrons. The molecule has 1 aromatic heterocycles. The first kappa shape index (κ1) is 23.2. The van der Waals surface area contributed by atoms with Gasteiger partial charge in [0.15, 0.2) is 8.32 Å². The van der Waals surface area contributed by atoms with E-state index in [1.54, 1.807) is 12.4 Å². The molecule has 1 atom stereocenters. The van der Waals surface area contributed by atoms with Gasteiger partial charge in [0, 0.05) is 36.6 Å². The van der Waals surface area contributed by atoms with E-state index in [0.717, 1.165) is 30.3 Å². The van der Waals surface area contributed by atoms with E-state index in [2.05, 4.69) is 31.1 Å². The van der Waals surface area contributed by atoms with Crippen molar-refractivity contribution in [3.8, 4) is 0 Å². The molecule has 1 unspecified atom stereocenters. The fourth-order valence-corrected chi connectivity index (χ4v) is 6.66. The molecular weight excluding hydrogens is 421 g/mol. The van der Waals surface area contributed by atoms with Crippen LogP contribution in [-0.2, 0) is 11.0 Å². The van der Waals surface area contributed by atoms with Crippen molar-refractivity contribution in [3.63, 3.8) is 0 Å². The predicted octanol–water partition coefficient (Wildman–Crippen LogP) is 6.52. The van der Waals surface area contributed by atoms with Gasteiger partial charge in [-0.2, -0.15) is 0 Å². The monoisotopic (exact) mass is 446 g/mol. The van der Waals surface area contributed by atoms with E-state index in [0.29, 0.717) is 22.2 Å². The van der Waals surface area contributed by atoms with Gasteiger partial charge >= 0.3 is 0 Å². The number of pyridine rings is 1. The molecule has 0 amide bonds. The summed E-state index contributed by atoms with van der Waals surface area (Å²) in [5, 5.41) is 4.04. The summed E-state index contributed by atoms with van der Waals surface area (Å²) in [6.07, 6.45) is 2.68. The van der Waals surface area contributed by atoms with Gasteiger partial charge in [0.1, 0.15) is 11.6 Å². The Bertz CT molecular complexity index is 762. The second-order valence-electron chi connectivity index (χ2n) is 6.73. The minimum Gasteiger partial charge on any atom is -0.409 e. The molecule has 0 aliphatic carbocycles. The summed E-state index contributed by atoms with van der Waals surface area (Å²) in [5.41, 5.74) is 0.938. The first-order valence-corrected chi connectivity index (χ1v) is 12.8. The van der Waals surface area contributed by atoms with Crippen LogP contribution in [0.4, 0.5) is 8.78 Å². The van der Waals surface area contributed by atoms with Crippen LogP contribution >= 0.6 is 23.2 Å². The Balaban J connectivity index is 2.24. The fourth-order valence-electron chi connectivity index (χ4n) is 3.25. The lowest BCUT2D eigenvalue weighted by atomic mass is 10.1. The molecular formula is C20H26Cl2F2N2OSi. The molecule has 0 bridgehead atoms. The SMILES string of the molecule is CC[Si](CC)(CC)OC(CNCc1cc(F)ccc1F)c1c(Cl)cncc1Cl. The van der Waals surface area contributed by atoms with Crippen molar-refractivity contribution in [3.05, 3.63) is 63.4 Å². The van der Waals surface area contributed by atoms with Crippen LogP contribution in [0.5, 0.6) is 0 Å². The highest BCUT2D eigenvalue weighted by molar-refractivity contribution is 6.73. The largest absolute Gasteiger partial charge is 0.409 e. The first-order chi connectivity index (χ1) is 13.4. The molecule has 0 aliphatic rings. The smallest absolute Gasteiger partial charge is 0.192 e. The molecule has 1 aromatic carbocycles.